The fourth-order valence-electron chi connectivity index (χ4n) is 3.04. The Labute approximate surface area is 158 Å². The molecule has 1 heterocycles. The number of carbonyl (C=O) groups excluding carboxylic acids is 2. The second kappa shape index (κ2) is 7.99. The standard InChI is InChI=1S/C22H22N2O3/c1-4-24(17-10-6-5-7-11-17)21(25)16(3)27-22(26)19-14-15(2)23-20-13-9-8-12-18(19)20/h5-14,16H,4H2,1-3H3/t16-/m1/s1. The van der Waals surface area contributed by atoms with Crippen molar-refractivity contribution < 1.29 is 14.3 Å². The van der Waals surface area contributed by atoms with Gasteiger partial charge in [0.15, 0.2) is 6.10 Å². The Morgan fingerprint density at radius 2 is 1.74 bits per heavy atom. The molecule has 0 unspecified atom stereocenters. The van der Waals surface area contributed by atoms with Gasteiger partial charge in [-0.3, -0.25) is 9.78 Å². The van der Waals surface area contributed by atoms with Gasteiger partial charge in [0.1, 0.15) is 0 Å². The van der Waals surface area contributed by atoms with E-state index in [0.717, 1.165) is 16.9 Å². The summed E-state index contributed by atoms with van der Waals surface area (Å²) in [4.78, 5) is 31.6. The van der Waals surface area contributed by atoms with Crippen LogP contribution in [-0.2, 0) is 9.53 Å². The zero-order chi connectivity index (χ0) is 19.4. The molecule has 0 radical (unpaired) electrons. The lowest BCUT2D eigenvalue weighted by atomic mass is 10.1. The third-order valence-corrected chi connectivity index (χ3v) is 4.35. The summed E-state index contributed by atoms with van der Waals surface area (Å²) >= 11 is 0. The Balaban J connectivity index is 1.82. The molecule has 2 aromatic carbocycles. The first-order valence-corrected chi connectivity index (χ1v) is 8.95. The maximum Gasteiger partial charge on any atom is 0.339 e. The maximum atomic E-state index is 12.8. The zero-order valence-corrected chi connectivity index (χ0v) is 15.7. The molecular weight excluding hydrogens is 340 g/mol. The average Bonchev–Trinajstić information content (AvgIpc) is 2.68. The van der Waals surface area contributed by atoms with E-state index in [2.05, 4.69) is 4.98 Å². The Bertz CT molecular complexity index is 970. The molecule has 0 aliphatic heterocycles. The van der Waals surface area contributed by atoms with Gasteiger partial charge in [0.2, 0.25) is 0 Å². The van der Waals surface area contributed by atoms with E-state index >= 15 is 0 Å². The molecule has 0 aliphatic carbocycles. The lowest BCUT2D eigenvalue weighted by Gasteiger charge is -2.24. The molecule has 5 heteroatoms. The van der Waals surface area contributed by atoms with E-state index in [-0.39, 0.29) is 5.91 Å². The average molecular weight is 362 g/mol. The Morgan fingerprint density at radius 1 is 1.07 bits per heavy atom. The van der Waals surface area contributed by atoms with Crippen LogP contribution in [0.1, 0.15) is 29.9 Å². The molecule has 138 valence electrons. The molecule has 1 aromatic heterocycles. The van der Waals surface area contributed by atoms with E-state index in [0.29, 0.717) is 17.5 Å². The van der Waals surface area contributed by atoms with Crippen LogP contribution in [0.2, 0.25) is 0 Å². The minimum absolute atomic E-state index is 0.257. The molecular formula is C22H22N2O3. The highest BCUT2D eigenvalue weighted by Crippen LogP contribution is 2.21. The predicted molar refractivity (Wildman–Crippen MR) is 106 cm³/mol. The van der Waals surface area contributed by atoms with Crippen molar-refractivity contribution in [2.24, 2.45) is 0 Å². The molecule has 0 saturated carbocycles. The summed E-state index contributed by atoms with van der Waals surface area (Å²) in [7, 11) is 0. The Hall–Kier alpha value is -3.21. The summed E-state index contributed by atoms with van der Waals surface area (Å²) in [5.41, 5.74) is 2.64. The number of carbonyl (C=O) groups is 2. The maximum absolute atomic E-state index is 12.8. The minimum atomic E-state index is -0.898. The molecule has 0 spiro atoms. The number of nitrogens with zero attached hydrogens (tertiary/aromatic N) is 2. The lowest BCUT2D eigenvalue weighted by molar-refractivity contribution is -0.126. The third kappa shape index (κ3) is 3.97. The molecule has 3 aromatic rings. The van der Waals surface area contributed by atoms with Crippen molar-refractivity contribution in [2.75, 3.05) is 11.4 Å². The Morgan fingerprint density at radius 3 is 2.44 bits per heavy atom. The summed E-state index contributed by atoms with van der Waals surface area (Å²) in [6.07, 6.45) is -0.898. The van der Waals surface area contributed by atoms with Crippen molar-refractivity contribution in [3.05, 3.63) is 71.9 Å². The lowest BCUT2D eigenvalue weighted by Crippen LogP contribution is -2.40. The zero-order valence-electron chi connectivity index (χ0n) is 15.7. The van der Waals surface area contributed by atoms with Gasteiger partial charge in [-0.25, -0.2) is 4.79 Å². The van der Waals surface area contributed by atoms with Crippen molar-refractivity contribution in [1.29, 1.82) is 0 Å². The van der Waals surface area contributed by atoms with Gasteiger partial charge < -0.3 is 9.64 Å². The summed E-state index contributed by atoms with van der Waals surface area (Å²) in [6.45, 7) is 5.80. The number of esters is 1. The number of benzene rings is 2. The Kier molecular flexibility index (Phi) is 5.50. The highest BCUT2D eigenvalue weighted by Gasteiger charge is 2.25. The monoisotopic (exact) mass is 362 g/mol. The number of anilines is 1. The van der Waals surface area contributed by atoms with Crippen molar-refractivity contribution in [3.8, 4) is 0 Å². The smallest absolute Gasteiger partial charge is 0.339 e. The van der Waals surface area contributed by atoms with Crippen LogP contribution in [0.15, 0.2) is 60.7 Å². The van der Waals surface area contributed by atoms with Crippen molar-refractivity contribution in [2.45, 2.75) is 26.9 Å². The van der Waals surface area contributed by atoms with Crippen LogP contribution in [0.5, 0.6) is 0 Å². The van der Waals surface area contributed by atoms with E-state index in [1.807, 2.05) is 68.4 Å². The molecule has 0 aliphatic rings. The second-order valence-electron chi connectivity index (χ2n) is 6.29. The number of hydrogen-bond acceptors (Lipinski definition) is 4. The highest BCUT2D eigenvalue weighted by atomic mass is 16.5. The van der Waals surface area contributed by atoms with Crippen LogP contribution in [-0.4, -0.2) is 29.5 Å². The summed E-state index contributed by atoms with van der Waals surface area (Å²) in [5.74, 6) is -0.784. The molecule has 1 amide bonds. The van der Waals surface area contributed by atoms with Crippen molar-refractivity contribution in [1.82, 2.24) is 4.98 Å². The van der Waals surface area contributed by atoms with Gasteiger partial charge in [-0.2, -0.15) is 0 Å². The second-order valence-corrected chi connectivity index (χ2v) is 6.29. The van der Waals surface area contributed by atoms with E-state index in [4.69, 9.17) is 4.74 Å². The van der Waals surface area contributed by atoms with Crippen molar-refractivity contribution >= 4 is 28.5 Å². The van der Waals surface area contributed by atoms with Crippen LogP contribution in [0.3, 0.4) is 0 Å². The first kappa shape index (κ1) is 18.6. The fourth-order valence-corrected chi connectivity index (χ4v) is 3.04. The number of amides is 1. The van der Waals surface area contributed by atoms with E-state index in [1.165, 1.54) is 0 Å². The SMILES string of the molecule is CCN(C(=O)[C@@H](C)OC(=O)c1cc(C)nc2ccccc12)c1ccccc1. The van der Waals surface area contributed by atoms with E-state index < -0.39 is 12.1 Å². The van der Waals surface area contributed by atoms with Gasteiger partial charge in [0, 0.05) is 23.3 Å². The van der Waals surface area contributed by atoms with Crippen LogP contribution < -0.4 is 4.90 Å². The van der Waals surface area contributed by atoms with Crippen molar-refractivity contribution in [3.63, 3.8) is 0 Å². The van der Waals surface area contributed by atoms with Crippen LogP contribution in [0.25, 0.3) is 10.9 Å². The number of hydrogen-bond donors (Lipinski definition) is 0. The number of ether oxygens (including phenoxy) is 1. The topological polar surface area (TPSA) is 59.5 Å². The number of likely N-dealkylation sites (N-methyl/N-ethyl adjacent to an activating group) is 1. The van der Waals surface area contributed by atoms with Crippen LogP contribution in [0, 0.1) is 6.92 Å². The molecule has 1 atom stereocenters. The van der Waals surface area contributed by atoms with Crippen LogP contribution in [0.4, 0.5) is 5.69 Å². The summed E-state index contributed by atoms with van der Waals surface area (Å²) in [6, 6.07) is 18.4. The van der Waals surface area contributed by atoms with E-state index in [9.17, 15) is 9.59 Å². The summed E-state index contributed by atoms with van der Waals surface area (Å²) in [5, 5.41) is 0.711. The first-order chi connectivity index (χ1) is 13.0. The molecule has 27 heavy (non-hydrogen) atoms. The van der Waals surface area contributed by atoms with Gasteiger partial charge in [0.05, 0.1) is 11.1 Å². The predicted octanol–water partition coefficient (Wildman–Crippen LogP) is 4.14. The molecule has 0 fully saturated rings. The fraction of sp³-hybridized carbons (Fsp3) is 0.227. The van der Waals surface area contributed by atoms with Gasteiger partial charge >= 0.3 is 5.97 Å². The largest absolute Gasteiger partial charge is 0.449 e. The molecule has 0 N–H and O–H groups in total. The first-order valence-electron chi connectivity index (χ1n) is 8.95. The van der Waals surface area contributed by atoms with Gasteiger partial charge in [-0.05, 0) is 45.0 Å². The van der Waals surface area contributed by atoms with Gasteiger partial charge in [0.25, 0.3) is 5.91 Å². The minimum Gasteiger partial charge on any atom is -0.449 e. The number of para-hydroxylation sites is 2. The number of rotatable bonds is 5. The molecule has 3 rings (SSSR count). The number of pyridine rings is 1. The highest BCUT2D eigenvalue weighted by molar-refractivity contribution is 6.05. The van der Waals surface area contributed by atoms with Gasteiger partial charge in [-0.1, -0.05) is 36.4 Å². The molecule has 0 saturated heterocycles. The quantitative estimate of drug-likeness (QED) is 0.640. The van der Waals surface area contributed by atoms with E-state index in [1.54, 1.807) is 17.9 Å². The molecule has 0 bridgehead atoms. The number of aromatic nitrogens is 1. The van der Waals surface area contributed by atoms with Crippen LogP contribution >= 0.6 is 0 Å². The normalized spacial score (nSPS) is 11.8. The number of fused-ring (bicyclic) bond motifs is 1. The number of aryl methyl sites for hydroxylation is 1. The third-order valence-electron chi connectivity index (χ3n) is 4.35. The van der Waals surface area contributed by atoms with Gasteiger partial charge in [-0.15, -0.1) is 0 Å². The summed E-state index contributed by atoms with van der Waals surface area (Å²) < 4.78 is 5.51. The molecule has 5 nitrogen and oxygen atoms in total.